The molecule has 1 amide bonds. The molecule has 0 fully saturated rings. The summed E-state index contributed by atoms with van der Waals surface area (Å²) in [5, 5.41) is 12.7. The van der Waals surface area contributed by atoms with Crippen LogP contribution in [0.5, 0.6) is 0 Å². The lowest BCUT2D eigenvalue weighted by Gasteiger charge is -2.26. The standard InChI is InChI=1S/C18H35N3O5/c1-13(11-19)24-12-20-10-8-9-14(15(22)25-17(2,3)4)21-16(23)26-18(5,6)7/h11,13-14,19-20H,8-10,12H2,1-7H3,(H,21,23)/t13?,14-/m0/s1. The summed E-state index contributed by atoms with van der Waals surface area (Å²) in [5.74, 6) is -0.489. The van der Waals surface area contributed by atoms with E-state index in [1.54, 1.807) is 48.5 Å². The second-order valence-corrected chi connectivity index (χ2v) is 8.06. The van der Waals surface area contributed by atoms with Crippen molar-refractivity contribution in [3.63, 3.8) is 0 Å². The van der Waals surface area contributed by atoms with Gasteiger partial charge in [-0.3, -0.25) is 5.32 Å². The van der Waals surface area contributed by atoms with E-state index in [2.05, 4.69) is 10.6 Å². The van der Waals surface area contributed by atoms with Gasteiger partial charge in [0.15, 0.2) is 0 Å². The van der Waals surface area contributed by atoms with E-state index in [9.17, 15) is 9.59 Å². The third kappa shape index (κ3) is 13.6. The smallest absolute Gasteiger partial charge is 0.408 e. The molecule has 0 rings (SSSR count). The Hall–Kier alpha value is -1.67. The first-order chi connectivity index (χ1) is 11.8. The molecule has 0 aromatic heterocycles. The largest absolute Gasteiger partial charge is 0.458 e. The molecule has 0 bridgehead atoms. The third-order valence-electron chi connectivity index (χ3n) is 2.91. The number of alkyl carbamates (subject to hydrolysis) is 1. The van der Waals surface area contributed by atoms with Gasteiger partial charge in [0.05, 0.1) is 12.8 Å². The van der Waals surface area contributed by atoms with Crippen molar-refractivity contribution in [2.24, 2.45) is 0 Å². The molecular formula is C18H35N3O5. The van der Waals surface area contributed by atoms with Crippen LogP contribution in [0.2, 0.25) is 0 Å². The summed E-state index contributed by atoms with van der Waals surface area (Å²) in [7, 11) is 0. The number of carbonyl (C=O) groups is 2. The van der Waals surface area contributed by atoms with Gasteiger partial charge in [0.25, 0.3) is 0 Å². The van der Waals surface area contributed by atoms with E-state index in [-0.39, 0.29) is 6.10 Å². The molecule has 0 radical (unpaired) electrons. The van der Waals surface area contributed by atoms with E-state index in [0.29, 0.717) is 26.1 Å². The Balaban J connectivity index is 4.52. The van der Waals surface area contributed by atoms with Crippen LogP contribution in [0, 0.1) is 5.41 Å². The van der Waals surface area contributed by atoms with Crippen molar-refractivity contribution in [1.29, 1.82) is 5.41 Å². The molecule has 0 saturated heterocycles. The van der Waals surface area contributed by atoms with Gasteiger partial charge in [0.2, 0.25) is 0 Å². The molecule has 2 atom stereocenters. The number of amides is 1. The number of hydrogen-bond acceptors (Lipinski definition) is 7. The van der Waals surface area contributed by atoms with Gasteiger partial charge in [-0.2, -0.15) is 0 Å². The first kappa shape index (κ1) is 24.3. The summed E-state index contributed by atoms with van der Waals surface area (Å²) < 4.78 is 15.9. The van der Waals surface area contributed by atoms with Crippen molar-refractivity contribution >= 4 is 18.3 Å². The molecule has 0 aliphatic rings. The second kappa shape index (κ2) is 11.1. The number of ether oxygens (including phenoxy) is 3. The summed E-state index contributed by atoms with van der Waals surface area (Å²) >= 11 is 0. The number of hydrogen-bond donors (Lipinski definition) is 3. The average molecular weight is 373 g/mol. The first-order valence-corrected chi connectivity index (χ1v) is 8.89. The van der Waals surface area contributed by atoms with Crippen LogP contribution in [0.3, 0.4) is 0 Å². The summed E-state index contributed by atoms with van der Waals surface area (Å²) in [6.45, 7) is 13.3. The maximum absolute atomic E-state index is 12.3. The molecule has 8 nitrogen and oxygen atoms in total. The summed E-state index contributed by atoms with van der Waals surface area (Å²) in [6, 6.07) is -0.785. The van der Waals surface area contributed by atoms with E-state index < -0.39 is 29.3 Å². The van der Waals surface area contributed by atoms with Gasteiger partial charge in [-0.25, -0.2) is 9.59 Å². The molecular weight excluding hydrogens is 338 g/mol. The van der Waals surface area contributed by atoms with Gasteiger partial charge in [0, 0.05) is 6.21 Å². The average Bonchev–Trinajstić information content (AvgIpc) is 2.45. The van der Waals surface area contributed by atoms with Gasteiger partial charge in [-0.05, 0) is 67.9 Å². The molecule has 0 aromatic rings. The molecule has 0 spiro atoms. The van der Waals surface area contributed by atoms with Gasteiger partial charge in [0.1, 0.15) is 17.2 Å². The van der Waals surface area contributed by atoms with Crippen molar-refractivity contribution in [2.45, 2.75) is 84.7 Å². The summed E-state index contributed by atoms with van der Waals surface area (Å²) in [5.41, 5.74) is -1.28. The normalized spacial score (nSPS) is 14.3. The lowest BCUT2D eigenvalue weighted by Crippen LogP contribution is -2.46. The van der Waals surface area contributed by atoms with Gasteiger partial charge in [-0.1, -0.05) is 0 Å². The fraction of sp³-hybridized carbons (Fsp3) is 0.833. The summed E-state index contributed by atoms with van der Waals surface area (Å²) in [4.78, 5) is 24.3. The van der Waals surface area contributed by atoms with Crippen molar-refractivity contribution in [3.8, 4) is 0 Å². The number of esters is 1. The third-order valence-corrected chi connectivity index (χ3v) is 2.91. The highest BCUT2D eigenvalue weighted by Gasteiger charge is 2.28. The van der Waals surface area contributed by atoms with Crippen LogP contribution in [-0.2, 0) is 19.0 Å². The molecule has 26 heavy (non-hydrogen) atoms. The quantitative estimate of drug-likeness (QED) is 0.235. The molecule has 0 aliphatic carbocycles. The molecule has 8 heteroatoms. The Bertz CT molecular complexity index is 455. The Kier molecular flexibility index (Phi) is 10.4. The van der Waals surface area contributed by atoms with Gasteiger partial charge < -0.3 is 24.9 Å². The molecule has 1 unspecified atom stereocenters. The topological polar surface area (TPSA) is 110 Å². The SMILES string of the molecule is CC(C=N)OCNCCC[C@H](NC(=O)OC(C)(C)C)C(=O)OC(C)(C)C. The minimum absolute atomic E-state index is 0.245. The zero-order valence-corrected chi connectivity index (χ0v) is 17.1. The lowest BCUT2D eigenvalue weighted by molar-refractivity contribution is -0.157. The lowest BCUT2D eigenvalue weighted by atomic mass is 10.1. The maximum atomic E-state index is 12.3. The minimum atomic E-state index is -0.785. The number of rotatable bonds is 10. The molecule has 0 saturated carbocycles. The van der Waals surface area contributed by atoms with Gasteiger partial charge >= 0.3 is 12.1 Å². The molecule has 0 aromatic carbocycles. The Morgan fingerprint density at radius 2 is 1.65 bits per heavy atom. The van der Waals surface area contributed by atoms with Crippen LogP contribution < -0.4 is 10.6 Å². The highest BCUT2D eigenvalue weighted by Crippen LogP contribution is 2.12. The maximum Gasteiger partial charge on any atom is 0.408 e. The highest BCUT2D eigenvalue weighted by atomic mass is 16.6. The van der Waals surface area contributed by atoms with Crippen LogP contribution in [-0.4, -0.2) is 54.9 Å². The van der Waals surface area contributed by atoms with E-state index >= 15 is 0 Å². The molecule has 0 aliphatic heterocycles. The Labute approximate surface area is 156 Å². The Morgan fingerprint density at radius 3 is 2.15 bits per heavy atom. The number of carbonyl (C=O) groups excluding carboxylic acids is 2. The van der Waals surface area contributed by atoms with Crippen molar-refractivity contribution in [1.82, 2.24) is 10.6 Å². The zero-order chi connectivity index (χ0) is 20.4. The van der Waals surface area contributed by atoms with E-state index in [1.807, 2.05) is 0 Å². The second-order valence-electron chi connectivity index (χ2n) is 8.06. The monoisotopic (exact) mass is 373 g/mol. The molecule has 152 valence electrons. The minimum Gasteiger partial charge on any atom is -0.458 e. The zero-order valence-electron chi connectivity index (χ0n) is 17.1. The molecule has 0 heterocycles. The van der Waals surface area contributed by atoms with Crippen LogP contribution >= 0.6 is 0 Å². The van der Waals surface area contributed by atoms with Crippen molar-refractivity contribution in [2.75, 3.05) is 13.3 Å². The predicted octanol–water partition coefficient (Wildman–Crippen LogP) is 2.60. The Morgan fingerprint density at radius 1 is 1.08 bits per heavy atom. The predicted molar refractivity (Wildman–Crippen MR) is 100 cm³/mol. The van der Waals surface area contributed by atoms with Crippen molar-refractivity contribution in [3.05, 3.63) is 0 Å². The van der Waals surface area contributed by atoms with E-state index in [0.717, 1.165) is 0 Å². The van der Waals surface area contributed by atoms with Gasteiger partial charge in [-0.15, -0.1) is 0 Å². The molecule has 3 N–H and O–H groups in total. The number of nitrogens with one attached hydrogen (secondary N) is 3. The van der Waals surface area contributed by atoms with Crippen LogP contribution in [0.1, 0.15) is 61.3 Å². The van der Waals surface area contributed by atoms with Crippen molar-refractivity contribution < 1.29 is 23.8 Å². The van der Waals surface area contributed by atoms with Crippen LogP contribution in [0.25, 0.3) is 0 Å². The van der Waals surface area contributed by atoms with E-state index in [1.165, 1.54) is 6.21 Å². The highest BCUT2D eigenvalue weighted by molar-refractivity contribution is 5.81. The van der Waals surface area contributed by atoms with Crippen LogP contribution in [0.15, 0.2) is 0 Å². The van der Waals surface area contributed by atoms with E-state index in [4.69, 9.17) is 19.6 Å². The first-order valence-electron chi connectivity index (χ1n) is 8.89. The summed E-state index contributed by atoms with van der Waals surface area (Å²) in [6.07, 6.45) is 1.35. The van der Waals surface area contributed by atoms with Crippen LogP contribution in [0.4, 0.5) is 4.79 Å². The fourth-order valence-electron chi connectivity index (χ4n) is 1.81. The fourth-order valence-corrected chi connectivity index (χ4v) is 1.81.